The summed E-state index contributed by atoms with van der Waals surface area (Å²) in [6.45, 7) is 2.83. The Bertz CT molecular complexity index is 429. The summed E-state index contributed by atoms with van der Waals surface area (Å²) < 4.78 is 5.82. The third kappa shape index (κ3) is 3.09. The molecule has 2 aliphatic rings. The molecule has 1 aliphatic carbocycles. The fourth-order valence-electron chi connectivity index (χ4n) is 3.55. The fourth-order valence-corrected chi connectivity index (χ4v) is 3.55. The highest BCUT2D eigenvalue weighted by atomic mass is 16.5. The third-order valence-corrected chi connectivity index (χ3v) is 4.72. The number of fused-ring (bicyclic) bond motifs is 1. The van der Waals surface area contributed by atoms with Crippen LogP contribution in [-0.4, -0.2) is 25.7 Å². The van der Waals surface area contributed by atoms with Crippen molar-refractivity contribution in [1.82, 2.24) is 0 Å². The summed E-state index contributed by atoms with van der Waals surface area (Å²) >= 11 is 0. The summed E-state index contributed by atoms with van der Waals surface area (Å²) in [7, 11) is 0. The van der Waals surface area contributed by atoms with E-state index >= 15 is 0 Å². The highest BCUT2D eigenvalue weighted by Gasteiger charge is 2.24. The molecule has 3 nitrogen and oxygen atoms in total. The maximum Gasteiger partial charge on any atom is 0.142 e. The molecule has 1 fully saturated rings. The van der Waals surface area contributed by atoms with Gasteiger partial charge in [0.25, 0.3) is 0 Å². The first-order chi connectivity index (χ1) is 9.84. The van der Waals surface area contributed by atoms with Crippen LogP contribution in [0.15, 0.2) is 24.3 Å². The van der Waals surface area contributed by atoms with Crippen LogP contribution in [0.4, 0.5) is 5.69 Å². The Morgan fingerprint density at radius 1 is 1.15 bits per heavy atom. The molecule has 1 saturated carbocycles. The summed E-state index contributed by atoms with van der Waals surface area (Å²) in [6, 6.07) is 8.66. The average molecular weight is 274 g/mol. The van der Waals surface area contributed by atoms with Crippen molar-refractivity contribution in [2.45, 2.75) is 44.6 Å². The first-order valence-corrected chi connectivity index (χ1v) is 8.07. The largest absolute Gasteiger partial charge is 0.491 e. The molecule has 2 N–H and O–H groups in total. The van der Waals surface area contributed by atoms with Crippen molar-refractivity contribution in [3.05, 3.63) is 24.3 Å². The van der Waals surface area contributed by atoms with Gasteiger partial charge in [-0.25, -0.2) is 0 Å². The van der Waals surface area contributed by atoms with Crippen molar-refractivity contribution in [2.75, 3.05) is 24.6 Å². The number of nitrogens with two attached hydrogens (primary N) is 1. The smallest absolute Gasteiger partial charge is 0.142 e. The Balaban J connectivity index is 1.69. The maximum atomic E-state index is 6.50. The summed E-state index contributed by atoms with van der Waals surface area (Å²) in [4.78, 5) is 2.43. The average Bonchev–Trinajstić information content (AvgIpc) is 2.71. The molecule has 110 valence electrons. The number of benzene rings is 1. The second-order valence-corrected chi connectivity index (χ2v) is 6.18. The predicted molar refractivity (Wildman–Crippen MR) is 83.3 cm³/mol. The van der Waals surface area contributed by atoms with Crippen molar-refractivity contribution in [3.63, 3.8) is 0 Å². The summed E-state index contributed by atoms with van der Waals surface area (Å²) in [6.07, 6.45) is 7.81. The minimum absolute atomic E-state index is 0.293. The van der Waals surface area contributed by atoms with Crippen molar-refractivity contribution >= 4 is 5.69 Å². The van der Waals surface area contributed by atoms with Crippen LogP contribution in [0.1, 0.15) is 38.5 Å². The SMILES string of the molecule is NC(CN1CCCOc2ccccc21)C1CCCCC1. The van der Waals surface area contributed by atoms with Gasteiger partial charge in [-0.1, -0.05) is 31.4 Å². The van der Waals surface area contributed by atoms with Crippen LogP contribution in [0.5, 0.6) is 5.75 Å². The van der Waals surface area contributed by atoms with Crippen molar-refractivity contribution in [1.29, 1.82) is 0 Å². The van der Waals surface area contributed by atoms with Gasteiger partial charge in [0.1, 0.15) is 5.75 Å². The zero-order valence-electron chi connectivity index (χ0n) is 12.3. The van der Waals surface area contributed by atoms with Crippen LogP contribution in [0.2, 0.25) is 0 Å². The molecule has 1 heterocycles. The molecule has 0 aromatic heterocycles. The summed E-state index contributed by atoms with van der Waals surface area (Å²) in [5.74, 6) is 1.72. The number of para-hydroxylation sites is 2. The van der Waals surface area contributed by atoms with Crippen molar-refractivity contribution < 1.29 is 4.74 Å². The zero-order valence-corrected chi connectivity index (χ0v) is 12.3. The van der Waals surface area contributed by atoms with Crippen LogP contribution < -0.4 is 15.4 Å². The van der Waals surface area contributed by atoms with E-state index in [-0.39, 0.29) is 0 Å². The van der Waals surface area contributed by atoms with E-state index in [9.17, 15) is 0 Å². The van der Waals surface area contributed by atoms with E-state index in [0.29, 0.717) is 12.0 Å². The van der Waals surface area contributed by atoms with Gasteiger partial charge in [0.2, 0.25) is 0 Å². The molecule has 0 radical (unpaired) electrons. The van der Waals surface area contributed by atoms with E-state index in [1.165, 1.54) is 37.8 Å². The first kappa shape index (κ1) is 13.7. The molecule has 20 heavy (non-hydrogen) atoms. The van der Waals surface area contributed by atoms with Crippen LogP contribution in [-0.2, 0) is 0 Å². The number of anilines is 1. The topological polar surface area (TPSA) is 38.5 Å². The van der Waals surface area contributed by atoms with E-state index in [1.54, 1.807) is 0 Å². The number of nitrogens with zero attached hydrogens (tertiary/aromatic N) is 1. The normalized spacial score (nSPS) is 21.8. The molecule has 1 aliphatic heterocycles. The maximum absolute atomic E-state index is 6.50. The molecule has 0 saturated heterocycles. The summed E-state index contributed by atoms with van der Waals surface area (Å²) in [5, 5.41) is 0. The molecular formula is C17H26N2O. The summed E-state index contributed by atoms with van der Waals surface area (Å²) in [5.41, 5.74) is 7.72. The van der Waals surface area contributed by atoms with E-state index in [4.69, 9.17) is 10.5 Å². The van der Waals surface area contributed by atoms with E-state index in [2.05, 4.69) is 23.1 Å². The van der Waals surface area contributed by atoms with Gasteiger partial charge in [-0.05, 0) is 37.3 Å². The highest BCUT2D eigenvalue weighted by molar-refractivity contribution is 5.59. The molecule has 1 aromatic rings. The highest BCUT2D eigenvalue weighted by Crippen LogP contribution is 2.32. The van der Waals surface area contributed by atoms with Gasteiger partial charge in [-0.2, -0.15) is 0 Å². The van der Waals surface area contributed by atoms with Crippen LogP contribution >= 0.6 is 0 Å². The molecule has 0 bridgehead atoms. The molecule has 3 rings (SSSR count). The quantitative estimate of drug-likeness (QED) is 0.920. The lowest BCUT2D eigenvalue weighted by Gasteiger charge is -2.33. The molecule has 1 unspecified atom stereocenters. The fraction of sp³-hybridized carbons (Fsp3) is 0.647. The van der Waals surface area contributed by atoms with Crippen molar-refractivity contribution in [2.24, 2.45) is 11.7 Å². The van der Waals surface area contributed by atoms with Gasteiger partial charge >= 0.3 is 0 Å². The lowest BCUT2D eigenvalue weighted by Crippen LogP contribution is -2.43. The van der Waals surface area contributed by atoms with Gasteiger partial charge in [0.15, 0.2) is 0 Å². The number of hydrogen-bond acceptors (Lipinski definition) is 3. The third-order valence-electron chi connectivity index (χ3n) is 4.72. The lowest BCUT2D eigenvalue weighted by molar-refractivity contribution is 0.304. The Morgan fingerprint density at radius 2 is 1.95 bits per heavy atom. The van der Waals surface area contributed by atoms with E-state index in [0.717, 1.165) is 31.9 Å². The van der Waals surface area contributed by atoms with Gasteiger partial charge in [0, 0.05) is 19.1 Å². The second kappa shape index (κ2) is 6.49. The standard InChI is InChI=1S/C17H26N2O/c18-15(14-7-2-1-3-8-14)13-19-11-6-12-20-17-10-5-4-9-16(17)19/h4-5,9-10,14-15H,1-3,6-8,11-13,18H2. The van der Waals surface area contributed by atoms with Gasteiger partial charge in [-0.15, -0.1) is 0 Å². The number of hydrogen-bond donors (Lipinski definition) is 1. The molecule has 1 aromatic carbocycles. The number of ether oxygens (including phenoxy) is 1. The first-order valence-electron chi connectivity index (χ1n) is 8.07. The minimum atomic E-state index is 0.293. The number of rotatable bonds is 3. The van der Waals surface area contributed by atoms with Gasteiger partial charge in [0.05, 0.1) is 12.3 Å². The molecule has 0 spiro atoms. The van der Waals surface area contributed by atoms with Crippen molar-refractivity contribution in [3.8, 4) is 5.75 Å². The Kier molecular flexibility index (Phi) is 4.46. The Labute approximate surface area is 122 Å². The molecule has 3 heteroatoms. The van der Waals surface area contributed by atoms with Crippen LogP contribution in [0.25, 0.3) is 0 Å². The van der Waals surface area contributed by atoms with Gasteiger partial charge in [-0.3, -0.25) is 0 Å². The predicted octanol–water partition coefficient (Wildman–Crippen LogP) is 3.18. The lowest BCUT2D eigenvalue weighted by atomic mass is 9.84. The second-order valence-electron chi connectivity index (χ2n) is 6.18. The van der Waals surface area contributed by atoms with Gasteiger partial charge < -0.3 is 15.4 Å². The minimum Gasteiger partial charge on any atom is -0.491 e. The molecule has 0 amide bonds. The van der Waals surface area contributed by atoms with E-state index in [1.807, 2.05) is 6.07 Å². The van der Waals surface area contributed by atoms with E-state index < -0.39 is 0 Å². The monoisotopic (exact) mass is 274 g/mol. The zero-order chi connectivity index (χ0) is 13.8. The van der Waals surface area contributed by atoms with Crippen LogP contribution in [0.3, 0.4) is 0 Å². The van der Waals surface area contributed by atoms with Crippen LogP contribution in [0, 0.1) is 5.92 Å². The molecule has 1 atom stereocenters. The Hall–Kier alpha value is -1.22. The molecular weight excluding hydrogens is 248 g/mol. The Morgan fingerprint density at radius 3 is 2.80 bits per heavy atom.